The molecule has 4 nitrogen and oxygen atoms in total. The van der Waals surface area contributed by atoms with Gasteiger partial charge in [0.2, 0.25) is 0 Å². The van der Waals surface area contributed by atoms with Crippen molar-refractivity contribution in [3.05, 3.63) is 23.7 Å². The molecule has 1 fully saturated rings. The van der Waals surface area contributed by atoms with Gasteiger partial charge in [0.25, 0.3) is 5.91 Å². The number of nitrogens with one attached hydrogen (secondary N) is 2. The van der Waals surface area contributed by atoms with Crippen molar-refractivity contribution in [1.82, 2.24) is 10.6 Å². The topological polar surface area (TPSA) is 54.3 Å². The van der Waals surface area contributed by atoms with Gasteiger partial charge in [-0.25, -0.2) is 0 Å². The maximum atomic E-state index is 11.8. The Morgan fingerprint density at radius 2 is 1.95 bits per heavy atom. The second-order valence-electron chi connectivity index (χ2n) is 5.52. The van der Waals surface area contributed by atoms with E-state index in [1.807, 2.05) is 13.0 Å². The molecule has 4 heteroatoms. The second-order valence-corrected chi connectivity index (χ2v) is 5.52. The van der Waals surface area contributed by atoms with Crippen LogP contribution in [0.3, 0.4) is 0 Å². The Morgan fingerprint density at radius 3 is 2.60 bits per heavy atom. The SMILES string of the molecule is CCc1ccc(C(=O)NCCNC2CCCCCC2)o1. The number of amides is 1. The van der Waals surface area contributed by atoms with Crippen molar-refractivity contribution >= 4 is 5.91 Å². The molecule has 1 aliphatic rings. The van der Waals surface area contributed by atoms with Gasteiger partial charge < -0.3 is 15.1 Å². The number of aryl methyl sites for hydroxylation is 1. The molecule has 0 spiro atoms. The van der Waals surface area contributed by atoms with Crippen LogP contribution in [0.5, 0.6) is 0 Å². The minimum absolute atomic E-state index is 0.118. The fraction of sp³-hybridized carbons (Fsp3) is 0.688. The Bertz CT molecular complexity index is 406. The van der Waals surface area contributed by atoms with Gasteiger partial charge >= 0.3 is 0 Å². The predicted molar refractivity (Wildman–Crippen MR) is 79.9 cm³/mol. The van der Waals surface area contributed by atoms with Crippen molar-refractivity contribution < 1.29 is 9.21 Å². The number of hydrogen-bond acceptors (Lipinski definition) is 3. The lowest BCUT2D eigenvalue weighted by Crippen LogP contribution is -2.36. The van der Waals surface area contributed by atoms with Gasteiger partial charge in [-0.2, -0.15) is 0 Å². The lowest BCUT2D eigenvalue weighted by Gasteiger charge is -2.16. The molecule has 0 radical (unpaired) electrons. The van der Waals surface area contributed by atoms with E-state index in [9.17, 15) is 4.79 Å². The fourth-order valence-electron chi connectivity index (χ4n) is 2.71. The minimum atomic E-state index is -0.118. The van der Waals surface area contributed by atoms with Gasteiger partial charge in [-0.1, -0.05) is 32.6 Å². The van der Waals surface area contributed by atoms with E-state index in [-0.39, 0.29) is 5.91 Å². The van der Waals surface area contributed by atoms with E-state index in [1.54, 1.807) is 6.07 Å². The van der Waals surface area contributed by atoms with E-state index < -0.39 is 0 Å². The van der Waals surface area contributed by atoms with Crippen LogP contribution in [0.4, 0.5) is 0 Å². The van der Waals surface area contributed by atoms with Crippen molar-refractivity contribution in [3.8, 4) is 0 Å². The third-order valence-corrected chi connectivity index (χ3v) is 3.93. The van der Waals surface area contributed by atoms with Crippen LogP contribution in [0, 0.1) is 0 Å². The van der Waals surface area contributed by atoms with Crippen molar-refractivity contribution in [3.63, 3.8) is 0 Å². The Hall–Kier alpha value is -1.29. The van der Waals surface area contributed by atoms with Crippen LogP contribution in [-0.2, 0) is 6.42 Å². The molecule has 1 aliphatic carbocycles. The number of hydrogen-bond donors (Lipinski definition) is 2. The molecule has 0 atom stereocenters. The minimum Gasteiger partial charge on any atom is -0.456 e. The first kappa shape index (κ1) is 15.1. The van der Waals surface area contributed by atoms with Gasteiger partial charge in [-0.15, -0.1) is 0 Å². The molecular weight excluding hydrogens is 252 g/mol. The molecule has 0 saturated heterocycles. The van der Waals surface area contributed by atoms with E-state index in [1.165, 1.54) is 38.5 Å². The van der Waals surface area contributed by atoms with Crippen molar-refractivity contribution in [1.29, 1.82) is 0 Å². The Kier molecular flexibility index (Phi) is 6.12. The highest BCUT2D eigenvalue weighted by atomic mass is 16.3. The molecule has 0 bridgehead atoms. The molecular formula is C16H26N2O2. The molecule has 0 aliphatic heterocycles. The first-order valence-corrected chi connectivity index (χ1v) is 7.90. The average molecular weight is 278 g/mol. The molecule has 1 saturated carbocycles. The number of furan rings is 1. The Labute approximate surface area is 121 Å². The molecule has 112 valence electrons. The zero-order chi connectivity index (χ0) is 14.2. The highest BCUT2D eigenvalue weighted by molar-refractivity contribution is 5.91. The molecule has 0 unspecified atom stereocenters. The Balaban J connectivity index is 1.63. The zero-order valence-corrected chi connectivity index (χ0v) is 12.4. The summed E-state index contributed by atoms with van der Waals surface area (Å²) in [4.78, 5) is 11.8. The summed E-state index contributed by atoms with van der Waals surface area (Å²) in [6, 6.07) is 4.23. The van der Waals surface area contributed by atoms with E-state index in [0.717, 1.165) is 18.7 Å². The first-order chi connectivity index (χ1) is 9.79. The molecule has 0 aromatic carbocycles. The van der Waals surface area contributed by atoms with Crippen molar-refractivity contribution in [2.75, 3.05) is 13.1 Å². The molecule has 20 heavy (non-hydrogen) atoms. The quantitative estimate of drug-likeness (QED) is 0.621. The number of rotatable bonds is 6. The van der Waals surface area contributed by atoms with E-state index in [4.69, 9.17) is 4.42 Å². The molecule has 1 amide bonds. The molecule has 2 N–H and O–H groups in total. The second kappa shape index (κ2) is 8.10. The third kappa shape index (κ3) is 4.67. The van der Waals surface area contributed by atoms with Crippen LogP contribution in [0.2, 0.25) is 0 Å². The monoisotopic (exact) mass is 278 g/mol. The normalized spacial score (nSPS) is 16.9. The first-order valence-electron chi connectivity index (χ1n) is 7.90. The van der Waals surface area contributed by atoms with Crippen LogP contribution in [0.1, 0.15) is 61.8 Å². The summed E-state index contributed by atoms with van der Waals surface area (Å²) in [5.41, 5.74) is 0. The third-order valence-electron chi connectivity index (χ3n) is 3.93. The largest absolute Gasteiger partial charge is 0.456 e. The van der Waals surface area contributed by atoms with Crippen LogP contribution in [-0.4, -0.2) is 25.0 Å². The molecule has 1 aromatic heterocycles. The molecule has 1 aromatic rings. The van der Waals surface area contributed by atoms with Crippen LogP contribution in [0.25, 0.3) is 0 Å². The standard InChI is InChI=1S/C16H26N2O2/c1-2-14-9-10-15(20-14)16(19)18-12-11-17-13-7-5-3-4-6-8-13/h9-10,13,17H,2-8,11-12H2,1H3,(H,18,19). The highest BCUT2D eigenvalue weighted by Crippen LogP contribution is 2.16. The Morgan fingerprint density at radius 1 is 1.20 bits per heavy atom. The smallest absolute Gasteiger partial charge is 0.287 e. The average Bonchev–Trinajstić information content (AvgIpc) is 2.80. The van der Waals surface area contributed by atoms with Crippen LogP contribution >= 0.6 is 0 Å². The number of carbonyl (C=O) groups is 1. The van der Waals surface area contributed by atoms with Gasteiger partial charge in [0.15, 0.2) is 5.76 Å². The molecule has 2 rings (SSSR count). The summed E-state index contributed by atoms with van der Waals surface area (Å²) in [5, 5.41) is 6.44. The van der Waals surface area contributed by atoms with Gasteiger partial charge in [0, 0.05) is 25.6 Å². The summed E-state index contributed by atoms with van der Waals surface area (Å²) < 4.78 is 5.43. The summed E-state index contributed by atoms with van der Waals surface area (Å²) >= 11 is 0. The van der Waals surface area contributed by atoms with Crippen molar-refractivity contribution in [2.45, 2.75) is 57.9 Å². The van der Waals surface area contributed by atoms with E-state index in [0.29, 0.717) is 18.3 Å². The fourth-order valence-corrected chi connectivity index (χ4v) is 2.71. The number of carbonyl (C=O) groups excluding carboxylic acids is 1. The zero-order valence-electron chi connectivity index (χ0n) is 12.4. The van der Waals surface area contributed by atoms with E-state index >= 15 is 0 Å². The lowest BCUT2D eigenvalue weighted by atomic mass is 10.1. The van der Waals surface area contributed by atoms with Gasteiger partial charge in [0.1, 0.15) is 5.76 Å². The predicted octanol–water partition coefficient (Wildman–Crippen LogP) is 2.88. The lowest BCUT2D eigenvalue weighted by molar-refractivity contribution is 0.0924. The van der Waals surface area contributed by atoms with Gasteiger partial charge in [0.05, 0.1) is 0 Å². The van der Waals surface area contributed by atoms with Gasteiger partial charge in [-0.05, 0) is 25.0 Å². The summed E-state index contributed by atoms with van der Waals surface area (Å²) in [7, 11) is 0. The van der Waals surface area contributed by atoms with Crippen LogP contribution < -0.4 is 10.6 Å². The van der Waals surface area contributed by atoms with Crippen molar-refractivity contribution in [2.24, 2.45) is 0 Å². The maximum Gasteiger partial charge on any atom is 0.287 e. The summed E-state index contributed by atoms with van der Waals surface area (Å²) in [6.45, 7) is 3.49. The molecule has 1 heterocycles. The van der Waals surface area contributed by atoms with E-state index in [2.05, 4.69) is 10.6 Å². The maximum absolute atomic E-state index is 11.8. The van der Waals surface area contributed by atoms with Gasteiger partial charge in [-0.3, -0.25) is 4.79 Å². The summed E-state index contributed by atoms with van der Waals surface area (Å²) in [5.74, 6) is 1.15. The van der Waals surface area contributed by atoms with Crippen LogP contribution in [0.15, 0.2) is 16.5 Å². The highest BCUT2D eigenvalue weighted by Gasteiger charge is 2.12. The summed E-state index contributed by atoms with van der Waals surface area (Å²) in [6.07, 6.45) is 8.75.